The van der Waals surface area contributed by atoms with Crippen molar-refractivity contribution in [3.8, 4) is 11.5 Å². The summed E-state index contributed by atoms with van der Waals surface area (Å²) in [6.07, 6.45) is 7.64. The first-order valence-corrected chi connectivity index (χ1v) is 15.2. The summed E-state index contributed by atoms with van der Waals surface area (Å²) in [6.45, 7) is 6.49. The average molecular weight is 574 g/mol. The standard InChI is InChI=1S/C40H35N3O/c1-28-12-18-33(19-13-28)42(32-9-5-4-6-10-32)37-24-25-38-39(27-37)44-40(41-38)31-16-22-35(23-17-31)43(34-20-14-29(2)15-21-34)36-11-7-8-30(3)26-36/h4-25,27,30H,26H2,1-3H3. The number of nitrogens with zero attached hydrogens (tertiary/aromatic N) is 3. The highest BCUT2D eigenvalue weighted by molar-refractivity contribution is 5.85. The molecule has 0 bridgehead atoms. The molecular formula is C40H35N3O. The first-order valence-electron chi connectivity index (χ1n) is 15.2. The maximum absolute atomic E-state index is 6.39. The summed E-state index contributed by atoms with van der Waals surface area (Å²) in [5.74, 6) is 1.11. The average Bonchev–Trinajstić information content (AvgIpc) is 3.48. The normalized spacial score (nSPS) is 14.4. The fraction of sp³-hybridized carbons (Fsp3) is 0.125. The van der Waals surface area contributed by atoms with Gasteiger partial charge < -0.3 is 14.2 Å². The molecule has 0 saturated heterocycles. The number of rotatable bonds is 7. The number of allylic oxidation sites excluding steroid dienone is 4. The Morgan fingerprint density at radius 2 is 1.20 bits per heavy atom. The number of oxazole rings is 1. The molecule has 1 aliphatic rings. The second-order valence-electron chi connectivity index (χ2n) is 11.6. The molecule has 0 fully saturated rings. The van der Waals surface area contributed by atoms with Crippen LogP contribution in [-0.2, 0) is 0 Å². The van der Waals surface area contributed by atoms with E-state index in [9.17, 15) is 0 Å². The van der Waals surface area contributed by atoms with Crippen LogP contribution < -0.4 is 9.80 Å². The number of aromatic nitrogens is 1. The SMILES string of the molecule is Cc1ccc(N(C2=CC=CC(C)C2)c2ccc(-c3nc4ccc(N(c5ccccc5)c5ccc(C)cc5)cc4o3)cc2)cc1. The molecule has 4 nitrogen and oxygen atoms in total. The molecule has 0 spiro atoms. The van der Waals surface area contributed by atoms with Crippen LogP contribution in [0.15, 0.2) is 150 Å². The lowest BCUT2D eigenvalue weighted by Crippen LogP contribution is -2.19. The van der Waals surface area contributed by atoms with Gasteiger partial charge in [0.05, 0.1) is 0 Å². The van der Waals surface area contributed by atoms with E-state index in [1.165, 1.54) is 16.8 Å². The van der Waals surface area contributed by atoms with Crippen molar-refractivity contribution in [3.05, 3.63) is 156 Å². The zero-order chi connectivity index (χ0) is 30.0. The van der Waals surface area contributed by atoms with Gasteiger partial charge in [-0.05, 0) is 105 Å². The topological polar surface area (TPSA) is 32.5 Å². The third-order valence-corrected chi connectivity index (χ3v) is 8.15. The zero-order valence-electron chi connectivity index (χ0n) is 25.3. The molecule has 1 atom stereocenters. The number of hydrogen-bond donors (Lipinski definition) is 0. The maximum Gasteiger partial charge on any atom is 0.227 e. The van der Waals surface area contributed by atoms with Crippen LogP contribution in [0.25, 0.3) is 22.6 Å². The molecule has 0 N–H and O–H groups in total. The summed E-state index contributed by atoms with van der Waals surface area (Å²) in [6, 6.07) is 42.5. The third-order valence-electron chi connectivity index (χ3n) is 8.15. The van der Waals surface area contributed by atoms with Crippen LogP contribution >= 0.6 is 0 Å². The van der Waals surface area contributed by atoms with Crippen LogP contribution in [0.2, 0.25) is 0 Å². The Bertz CT molecular complexity index is 1950. The molecule has 6 aromatic rings. The Morgan fingerprint density at radius 1 is 0.636 bits per heavy atom. The fourth-order valence-corrected chi connectivity index (χ4v) is 5.81. The van der Waals surface area contributed by atoms with Gasteiger partial charge in [0.2, 0.25) is 5.89 Å². The molecule has 5 aromatic carbocycles. The first-order chi connectivity index (χ1) is 21.5. The van der Waals surface area contributed by atoms with Crippen molar-refractivity contribution >= 4 is 39.5 Å². The van der Waals surface area contributed by atoms with Crippen LogP contribution in [0, 0.1) is 19.8 Å². The molecule has 44 heavy (non-hydrogen) atoms. The van der Waals surface area contributed by atoms with E-state index in [-0.39, 0.29) is 0 Å². The molecule has 4 heteroatoms. The lowest BCUT2D eigenvalue weighted by Gasteiger charge is -2.30. The Hall–Kier alpha value is -5.35. The minimum Gasteiger partial charge on any atom is -0.436 e. The highest BCUT2D eigenvalue weighted by Crippen LogP contribution is 2.38. The first kappa shape index (κ1) is 27.5. The Labute approximate surface area is 259 Å². The van der Waals surface area contributed by atoms with E-state index in [1.54, 1.807) is 0 Å². The van der Waals surface area contributed by atoms with Gasteiger partial charge in [0, 0.05) is 45.8 Å². The number of benzene rings is 5. The summed E-state index contributed by atoms with van der Waals surface area (Å²) in [5.41, 5.74) is 11.7. The Balaban J connectivity index is 1.22. The second-order valence-corrected chi connectivity index (χ2v) is 11.6. The summed E-state index contributed by atoms with van der Waals surface area (Å²) >= 11 is 0. The van der Waals surface area contributed by atoms with E-state index in [0.717, 1.165) is 51.5 Å². The van der Waals surface area contributed by atoms with E-state index < -0.39 is 0 Å². The van der Waals surface area contributed by atoms with Gasteiger partial charge in [0.1, 0.15) is 5.52 Å². The van der Waals surface area contributed by atoms with E-state index in [2.05, 4.69) is 158 Å². The summed E-state index contributed by atoms with van der Waals surface area (Å²) in [4.78, 5) is 9.46. The van der Waals surface area contributed by atoms with Gasteiger partial charge in [0.25, 0.3) is 0 Å². The minimum atomic E-state index is 0.496. The van der Waals surface area contributed by atoms with Gasteiger partial charge >= 0.3 is 0 Å². The van der Waals surface area contributed by atoms with Crippen molar-refractivity contribution in [2.24, 2.45) is 5.92 Å². The van der Waals surface area contributed by atoms with Gasteiger partial charge in [-0.1, -0.05) is 72.7 Å². The van der Waals surface area contributed by atoms with Crippen molar-refractivity contribution in [1.29, 1.82) is 0 Å². The van der Waals surface area contributed by atoms with Crippen LogP contribution in [0.5, 0.6) is 0 Å². The predicted molar refractivity (Wildman–Crippen MR) is 183 cm³/mol. The molecule has 1 aliphatic carbocycles. The van der Waals surface area contributed by atoms with Gasteiger partial charge in [-0.25, -0.2) is 4.98 Å². The summed E-state index contributed by atoms with van der Waals surface area (Å²) < 4.78 is 6.39. The lowest BCUT2D eigenvalue weighted by molar-refractivity contribution is 0.620. The fourth-order valence-electron chi connectivity index (χ4n) is 5.81. The molecular weight excluding hydrogens is 538 g/mol. The smallest absolute Gasteiger partial charge is 0.227 e. The van der Waals surface area contributed by atoms with Gasteiger partial charge in [-0.2, -0.15) is 0 Å². The number of aryl methyl sites for hydroxylation is 2. The molecule has 216 valence electrons. The highest BCUT2D eigenvalue weighted by atomic mass is 16.3. The highest BCUT2D eigenvalue weighted by Gasteiger charge is 2.19. The van der Waals surface area contributed by atoms with E-state index in [1.807, 2.05) is 12.1 Å². The van der Waals surface area contributed by atoms with Crippen LogP contribution in [-0.4, -0.2) is 4.98 Å². The van der Waals surface area contributed by atoms with E-state index in [4.69, 9.17) is 9.40 Å². The van der Waals surface area contributed by atoms with Crippen molar-refractivity contribution in [3.63, 3.8) is 0 Å². The van der Waals surface area contributed by atoms with Crippen LogP contribution in [0.4, 0.5) is 28.4 Å². The molecule has 1 aromatic heterocycles. The molecule has 1 unspecified atom stereocenters. The van der Waals surface area contributed by atoms with Gasteiger partial charge in [-0.15, -0.1) is 0 Å². The Kier molecular flexibility index (Phi) is 7.33. The third kappa shape index (κ3) is 5.55. The van der Waals surface area contributed by atoms with E-state index in [0.29, 0.717) is 11.8 Å². The predicted octanol–water partition coefficient (Wildman–Crippen LogP) is 11.2. The monoisotopic (exact) mass is 573 g/mol. The quantitative estimate of drug-likeness (QED) is 0.190. The van der Waals surface area contributed by atoms with Crippen molar-refractivity contribution < 1.29 is 4.42 Å². The molecule has 1 heterocycles. The van der Waals surface area contributed by atoms with Gasteiger partial charge in [0.15, 0.2) is 5.58 Å². The van der Waals surface area contributed by atoms with Crippen molar-refractivity contribution in [2.75, 3.05) is 9.80 Å². The molecule has 7 rings (SSSR count). The maximum atomic E-state index is 6.39. The number of hydrogen-bond acceptors (Lipinski definition) is 4. The van der Waals surface area contributed by atoms with Crippen molar-refractivity contribution in [1.82, 2.24) is 4.98 Å². The lowest BCUT2D eigenvalue weighted by atomic mass is 9.98. The van der Waals surface area contributed by atoms with E-state index >= 15 is 0 Å². The summed E-state index contributed by atoms with van der Waals surface area (Å²) in [7, 11) is 0. The van der Waals surface area contributed by atoms with Gasteiger partial charge in [-0.3, -0.25) is 0 Å². The molecule has 0 aliphatic heterocycles. The molecule has 0 amide bonds. The number of para-hydroxylation sites is 1. The minimum absolute atomic E-state index is 0.496. The molecule has 0 radical (unpaired) electrons. The largest absolute Gasteiger partial charge is 0.436 e. The number of anilines is 5. The second kappa shape index (κ2) is 11.7. The molecule has 0 saturated carbocycles. The summed E-state index contributed by atoms with van der Waals surface area (Å²) in [5, 5.41) is 0. The van der Waals surface area contributed by atoms with Crippen LogP contribution in [0.3, 0.4) is 0 Å². The Morgan fingerprint density at radius 3 is 1.84 bits per heavy atom. The van der Waals surface area contributed by atoms with Crippen LogP contribution in [0.1, 0.15) is 24.5 Å². The number of fused-ring (bicyclic) bond motifs is 1. The zero-order valence-corrected chi connectivity index (χ0v) is 25.3. The van der Waals surface area contributed by atoms with Crippen molar-refractivity contribution in [2.45, 2.75) is 27.2 Å².